The second kappa shape index (κ2) is 5.94. The predicted molar refractivity (Wildman–Crippen MR) is 62.8 cm³/mol. The van der Waals surface area contributed by atoms with Crippen LogP contribution >= 0.6 is 0 Å². The summed E-state index contributed by atoms with van der Waals surface area (Å²) in [6, 6.07) is 15.3. The Morgan fingerprint density at radius 2 is 1.32 bits per heavy atom. The van der Waals surface area contributed by atoms with Gasteiger partial charge < -0.3 is 0 Å². The fourth-order valence-electron chi connectivity index (χ4n) is 1.82. The summed E-state index contributed by atoms with van der Waals surface area (Å²) < 4.78 is 34.0. The molecule has 4 nitrogen and oxygen atoms in total. The molecule has 0 atom stereocenters. The zero-order valence-corrected chi connectivity index (χ0v) is 12.1. The van der Waals surface area contributed by atoms with Crippen LogP contribution in [0.4, 0.5) is 0 Å². The Bertz CT molecular complexity index is 636. The molecule has 0 saturated heterocycles. The van der Waals surface area contributed by atoms with Gasteiger partial charge in [-0.05, 0) is 0 Å². The fraction of sp³-hybridized carbons (Fsp3) is 0. The maximum absolute atomic E-state index is 8.49. The summed E-state index contributed by atoms with van der Waals surface area (Å²) in [7, 11) is -4.94. The molecule has 0 amide bonds. The van der Waals surface area contributed by atoms with Crippen LogP contribution in [0, 0.1) is 10.2 Å². The van der Waals surface area contributed by atoms with Crippen molar-refractivity contribution in [3.8, 4) is 0 Å². The van der Waals surface area contributed by atoms with Crippen LogP contribution in [0.3, 0.4) is 0 Å². The van der Waals surface area contributed by atoms with Crippen LogP contribution in [0.15, 0.2) is 52.3 Å². The SMILES string of the molecule is [O-][Cl+3]([O-])([O-])[O-].c1ccc2c(c1)ccc1c[se+]ccc12. The molecular formula is C13H9ClO4Se. The normalized spacial score (nSPS) is 11.2. The molecule has 0 aliphatic carbocycles. The molecule has 0 saturated carbocycles. The van der Waals surface area contributed by atoms with Crippen LogP contribution in [-0.4, -0.2) is 14.5 Å². The van der Waals surface area contributed by atoms with E-state index in [0.717, 1.165) is 0 Å². The van der Waals surface area contributed by atoms with Crippen LogP contribution in [0.2, 0.25) is 0 Å². The van der Waals surface area contributed by atoms with Crippen LogP contribution in [0.5, 0.6) is 0 Å². The third-order valence-corrected chi connectivity index (χ3v) is 3.95. The molecular weight excluding hydrogens is 335 g/mol. The van der Waals surface area contributed by atoms with Crippen molar-refractivity contribution in [1.29, 1.82) is 0 Å². The van der Waals surface area contributed by atoms with Gasteiger partial charge in [0.05, 0.1) is 0 Å². The molecule has 0 spiro atoms. The van der Waals surface area contributed by atoms with Crippen molar-refractivity contribution in [2.75, 3.05) is 0 Å². The van der Waals surface area contributed by atoms with Crippen LogP contribution in [0.25, 0.3) is 21.5 Å². The molecule has 19 heavy (non-hydrogen) atoms. The molecule has 1 heterocycles. The number of rotatable bonds is 0. The fourth-order valence-corrected chi connectivity index (χ4v) is 3.18. The van der Waals surface area contributed by atoms with Crippen LogP contribution in [-0.2, 0) is 0 Å². The molecule has 0 aliphatic rings. The van der Waals surface area contributed by atoms with Crippen LogP contribution in [0.1, 0.15) is 0 Å². The Labute approximate surface area is 117 Å². The average molecular weight is 344 g/mol. The topological polar surface area (TPSA) is 92.2 Å². The van der Waals surface area contributed by atoms with Gasteiger partial charge in [-0.2, -0.15) is 0 Å². The number of hydrogen-bond donors (Lipinski definition) is 0. The maximum atomic E-state index is 8.49. The van der Waals surface area contributed by atoms with Crippen molar-refractivity contribution in [3.63, 3.8) is 0 Å². The molecule has 0 N–H and O–H groups in total. The summed E-state index contributed by atoms with van der Waals surface area (Å²) in [6.45, 7) is 0. The molecule has 3 rings (SSSR count). The Balaban J connectivity index is 0.000000232. The number of hydrogen-bond acceptors (Lipinski definition) is 4. The second-order valence-corrected chi connectivity index (χ2v) is 6.12. The molecule has 98 valence electrons. The summed E-state index contributed by atoms with van der Waals surface area (Å²) >= 11 is 0.551. The first kappa shape index (κ1) is 14.4. The predicted octanol–water partition coefficient (Wildman–Crippen LogP) is -1.42. The van der Waals surface area contributed by atoms with Crippen molar-refractivity contribution in [1.82, 2.24) is 0 Å². The quantitative estimate of drug-likeness (QED) is 0.370. The first-order chi connectivity index (χ1) is 8.95. The average Bonchev–Trinajstić information content (AvgIpc) is 2.37. The van der Waals surface area contributed by atoms with Gasteiger partial charge in [0.25, 0.3) is 0 Å². The van der Waals surface area contributed by atoms with E-state index in [1.165, 1.54) is 21.5 Å². The van der Waals surface area contributed by atoms with E-state index in [9.17, 15) is 0 Å². The minimum atomic E-state index is -4.94. The first-order valence-electron chi connectivity index (χ1n) is 5.24. The minimum absolute atomic E-state index is 0.551. The van der Waals surface area contributed by atoms with Gasteiger partial charge in [-0.1, -0.05) is 0 Å². The summed E-state index contributed by atoms with van der Waals surface area (Å²) in [6.07, 6.45) is 0. The van der Waals surface area contributed by atoms with E-state index in [4.69, 9.17) is 18.6 Å². The third kappa shape index (κ3) is 4.23. The van der Waals surface area contributed by atoms with E-state index in [2.05, 4.69) is 52.3 Å². The molecule has 0 fully saturated rings. The van der Waals surface area contributed by atoms with Gasteiger partial charge in [-0.15, -0.1) is 10.2 Å². The van der Waals surface area contributed by atoms with Crippen molar-refractivity contribution in [2.24, 2.45) is 0 Å². The molecule has 2 aromatic carbocycles. The van der Waals surface area contributed by atoms with E-state index in [-0.39, 0.29) is 0 Å². The summed E-state index contributed by atoms with van der Waals surface area (Å²) in [5.74, 6) is 0. The van der Waals surface area contributed by atoms with Gasteiger partial charge in [0.15, 0.2) is 0 Å². The molecule has 0 bridgehead atoms. The van der Waals surface area contributed by atoms with Crippen LogP contribution < -0.4 is 18.6 Å². The van der Waals surface area contributed by atoms with E-state index < -0.39 is 10.2 Å². The number of halogens is 1. The first-order valence-corrected chi connectivity index (χ1v) is 8.45. The Morgan fingerprint density at radius 3 is 2.05 bits per heavy atom. The van der Waals surface area contributed by atoms with Gasteiger partial charge in [0.2, 0.25) is 0 Å². The third-order valence-electron chi connectivity index (χ3n) is 2.51. The van der Waals surface area contributed by atoms with Crippen molar-refractivity contribution < 1.29 is 28.9 Å². The number of fused-ring (bicyclic) bond motifs is 3. The molecule has 0 radical (unpaired) electrons. The van der Waals surface area contributed by atoms with E-state index in [0.29, 0.717) is 14.5 Å². The zero-order chi connectivity index (χ0) is 13.9. The molecule has 0 unspecified atom stereocenters. The monoisotopic (exact) mass is 344 g/mol. The summed E-state index contributed by atoms with van der Waals surface area (Å²) in [5, 5.41) is 5.48. The van der Waals surface area contributed by atoms with Gasteiger partial charge in [-0.3, -0.25) is 0 Å². The van der Waals surface area contributed by atoms with E-state index in [1.54, 1.807) is 0 Å². The molecule has 1 aromatic heterocycles. The van der Waals surface area contributed by atoms with Crippen molar-refractivity contribution >= 4 is 36.0 Å². The van der Waals surface area contributed by atoms with E-state index >= 15 is 0 Å². The Morgan fingerprint density at radius 1 is 0.737 bits per heavy atom. The number of benzene rings is 2. The summed E-state index contributed by atoms with van der Waals surface area (Å²) in [4.78, 5) is 4.62. The van der Waals surface area contributed by atoms with Crippen molar-refractivity contribution in [3.05, 3.63) is 52.3 Å². The van der Waals surface area contributed by atoms with Gasteiger partial charge in [0.1, 0.15) is 0 Å². The second-order valence-electron chi connectivity index (χ2n) is 3.72. The molecule has 0 aliphatic heterocycles. The molecule has 6 heteroatoms. The standard InChI is InChI=1S/C13H9Se.ClHO4/c1-2-4-12-10(3-1)5-6-11-9-14-8-7-13(11)12;2-1(3,4)5/h1-9H;(H,2,3,4,5)/q+1;/p-1. The Kier molecular flexibility index (Phi) is 4.50. The van der Waals surface area contributed by atoms with E-state index in [1.807, 2.05) is 0 Å². The van der Waals surface area contributed by atoms with Gasteiger partial charge in [-0.25, -0.2) is 18.6 Å². The summed E-state index contributed by atoms with van der Waals surface area (Å²) in [5.41, 5.74) is 0. The van der Waals surface area contributed by atoms with Crippen molar-refractivity contribution in [2.45, 2.75) is 0 Å². The van der Waals surface area contributed by atoms with Gasteiger partial charge >= 0.3 is 88.4 Å². The molecule has 3 aromatic rings. The zero-order valence-electron chi connectivity index (χ0n) is 9.62. The Hall–Kier alpha value is -1.04. The van der Waals surface area contributed by atoms with Gasteiger partial charge in [0, 0.05) is 0 Å².